The molecule has 9 nitrogen and oxygen atoms in total. The fraction of sp³-hybridized carbons (Fsp3) is 0.417. The molecule has 0 bridgehead atoms. The van der Waals surface area contributed by atoms with Crippen LogP contribution < -0.4 is 11.3 Å². The Labute approximate surface area is 119 Å². The molecule has 2 aromatic heterocycles. The predicted molar refractivity (Wildman–Crippen MR) is 72.1 cm³/mol. The molecule has 0 aliphatic carbocycles. The topological polar surface area (TPSA) is 139 Å². The number of nitrogen functional groups attached to an aromatic ring is 1. The summed E-state index contributed by atoms with van der Waals surface area (Å²) in [4.78, 5) is 22.2. The van der Waals surface area contributed by atoms with Gasteiger partial charge in [-0.2, -0.15) is 0 Å². The Hall–Kier alpha value is -2.23. The Morgan fingerprint density at radius 2 is 2.33 bits per heavy atom. The molecule has 0 saturated carbocycles. The van der Waals surface area contributed by atoms with Crippen molar-refractivity contribution in [2.45, 2.75) is 24.9 Å². The highest BCUT2D eigenvalue weighted by Gasteiger charge is 2.34. The number of aliphatic hydroxyl groups excluding tert-OH is 2. The van der Waals surface area contributed by atoms with Crippen molar-refractivity contribution in [3.8, 4) is 11.3 Å². The van der Waals surface area contributed by atoms with Gasteiger partial charge < -0.3 is 25.3 Å². The van der Waals surface area contributed by atoms with Crippen molar-refractivity contribution in [2.24, 2.45) is 0 Å². The van der Waals surface area contributed by atoms with Crippen LogP contribution in [0.4, 0.5) is 5.95 Å². The number of aromatic amines is 1. The largest absolute Gasteiger partial charge is 0.394 e. The molecule has 0 amide bonds. The minimum atomic E-state index is -0.729. The van der Waals surface area contributed by atoms with Gasteiger partial charge >= 0.3 is 0 Å². The van der Waals surface area contributed by atoms with Gasteiger partial charge in [0.25, 0.3) is 5.56 Å². The fourth-order valence-corrected chi connectivity index (χ4v) is 2.29. The molecule has 5 N–H and O–H groups in total. The van der Waals surface area contributed by atoms with Crippen LogP contribution in [-0.2, 0) is 4.74 Å². The molecule has 0 radical (unpaired) electrons. The molecule has 3 rings (SSSR count). The molecule has 0 aromatic carbocycles. The monoisotopic (exact) mass is 293 g/mol. The molecule has 1 aliphatic rings. The molecule has 1 saturated heterocycles. The zero-order valence-electron chi connectivity index (χ0n) is 11.0. The fourth-order valence-electron chi connectivity index (χ4n) is 2.29. The van der Waals surface area contributed by atoms with Gasteiger partial charge in [-0.15, -0.1) is 0 Å². The van der Waals surface area contributed by atoms with Crippen molar-refractivity contribution in [1.29, 1.82) is 0 Å². The maximum absolute atomic E-state index is 11.8. The van der Waals surface area contributed by atoms with Gasteiger partial charge in [-0.3, -0.25) is 9.78 Å². The average molecular weight is 293 g/mol. The van der Waals surface area contributed by atoms with Gasteiger partial charge in [0, 0.05) is 18.8 Å². The van der Waals surface area contributed by atoms with E-state index >= 15 is 0 Å². The average Bonchev–Trinajstić information content (AvgIpc) is 3.05. The summed E-state index contributed by atoms with van der Waals surface area (Å²) in [5, 5.41) is 18.8. The molecule has 2 aromatic rings. The number of H-pyrrole nitrogens is 1. The summed E-state index contributed by atoms with van der Waals surface area (Å²) >= 11 is 0. The Morgan fingerprint density at radius 3 is 3.00 bits per heavy atom. The van der Waals surface area contributed by atoms with Crippen molar-refractivity contribution >= 4 is 5.95 Å². The number of nitrogens with two attached hydrogens (primary N) is 1. The Morgan fingerprint density at radius 1 is 1.52 bits per heavy atom. The maximum atomic E-state index is 11.8. The van der Waals surface area contributed by atoms with Crippen molar-refractivity contribution in [2.75, 3.05) is 12.3 Å². The molecule has 9 heteroatoms. The molecule has 21 heavy (non-hydrogen) atoms. The maximum Gasteiger partial charge on any atom is 0.261 e. The quantitative estimate of drug-likeness (QED) is 0.560. The number of ether oxygens (including phenoxy) is 1. The van der Waals surface area contributed by atoms with Crippen molar-refractivity contribution < 1.29 is 14.9 Å². The smallest absolute Gasteiger partial charge is 0.261 e. The van der Waals surface area contributed by atoms with Crippen molar-refractivity contribution in [1.82, 2.24) is 19.5 Å². The number of nitrogens with one attached hydrogen (secondary N) is 1. The van der Waals surface area contributed by atoms with E-state index in [4.69, 9.17) is 15.6 Å². The van der Waals surface area contributed by atoms with Crippen molar-refractivity contribution in [3.05, 3.63) is 29.1 Å². The summed E-state index contributed by atoms with van der Waals surface area (Å²) < 4.78 is 7.15. The lowest BCUT2D eigenvalue weighted by molar-refractivity contribution is -0.0443. The number of nitrogens with zero attached hydrogens (tertiary/aromatic N) is 3. The predicted octanol–water partition coefficient (Wildman–Crippen LogP) is -1.14. The van der Waals surface area contributed by atoms with E-state index in [0.29, 0.717) is 17.7 Å². The van der Waals surface area contributed by atoms with Crippen LogP contribution in [0.2, 0.25) is 0 Å². The number of hydrogen-bond donors (Lipinski definition) is 4. The minimum Gasteiger partial charge on any atom is -0.394 e. The van der Waals surface area contributed by atoms with Crippen LogP contribution in [0.3, 0.4) is 0 Å². The second-order valence-corrected chi connectivity index (χ2v) is 4.83. The van der Waals surface area contributed by atoms with E-state index < -0.39 is 18.4 Å². The minimum absolute atomic E-state index is 0.0382. The van der Waals surface area contributed by atoms with E-state index in [1.807, 2.05) is 0 Å². The molecule has 3 atom stereocenters. The Kier molecular flexibility index (Phi) is 3.45. The van der Waals surface area contributed by atoms with Crippen LogP contribution in [-0.4, -0.2) is 48.5 Å². The van der Waals surface area contributed by atoms with E-state index in [0.717, 1.165) is 0 Å². The van der Waals surface area contributed by atoms with Gasteiger partial charge in [0.1, 0.15) is 12.3 Å². The third kappa shape index (κ3) is 2.53. The van der Waals surface area contributed by atoms with Crippen LogP contribution in [0, 0.1) is 0 Å². The zero-order valence-corrected chi connectivity index (χ0v) is 11.0. The summed E-state index contributed by atoms with van der Waals surface area (Å²) in [6.45, 7) is -0.249. The normalized spacial score (nSPS) is 25.3. The standard InChI is InChI=1S/C12H15N5O4/c13-12-14-2-6(11(20)16-12)7-3-17(5-15-7)10-1-8(19)9(4-18)21-10/h2-3,5,8-10,18-19H,1,4H2,(H3,13,14,16,20)/t8-,9-,10-/m1/s1. The van der Waals surface area contributed by atoms with Crippen LogP contribution in [0.5, 0.6) is 0 Å². The molecule has 1 fully saturated rings. The van der Waals surface area contributed by atoms with Crippen LogP contribution >= 0.6 is 0 Å². The number of anilines is 1. The molecule has 0 unspecified atom stereocenters. The van der Waals surface area contributed by atoms with Crippen molar-refractivity contribution in [3.63, 3.8) is 0 Å². The first kappa shape index (κ1) is 13.7. The first-order valence-electron chi connectivity index (χ1n) is 6.41. The van der Waals surface area contributed by atoms with Crippen LogP contribution in [0.15, 0.2) is 23.5 Å². The van der Waals surface area contributed by atoms with Gasteiger partial charge in [-0.25, -0.2) is 9.97 Å². The first-order chi connectivity index (χ1) is 10.1. The number of rotatable bonds is 3. The lowest BCUT2D eigenvalue weighted by atomic mass is 10.2. The number of aliphatic hydroxyl groups is 2. The van der Waals surface area contributed by atoms with Crippen LogP contribution in [0.1, 0.15) is 12.6 Å². The molecular formula is C12H15N5O4. The van der Waals surface area contributed by atoms with Gasteiger partial charge in [0.05, 0.1) is 30.3 Å². The SMILES string of the molecule is Nc1ncc(-c2cn([C@H]3C[C@@H](O)[C@@H](CO)O3)cn2)c(=O)[nH]1. The number of aromatic nitrogens is 4. The number of imidazole rings is 1. The molecular weight excluding hydrogens is 278 g/mol. The third-order valence-electron chi connectivity index (χ3n) is 3.41. The zero-order chi connectivity index (χ0) is 15.0. The molecule has 0 spiro atoms. The lowest BCUT2D eigenvalue weighted by Gasteiger charge is -2.12. The van der Waals surface area contributed by atoms with E-state index in [9.17, 15) is 9.90 Å². The summed E-state index contributed by atoms with van der Waals surface area (Å²) in [5.74, 6) is 0.0382. The molecule has 1 aliphatic heterocycles. The van der Waals surface area contributed by atoms with E-state index in [2.05, 4.69) is 15.0 Å². The molecule has 3 heterocycles. The van der Waals surface area contributed by atoms with Gasteiger partial charge in [0.15, 0.2) is 5.95 Å². The highest BCUT2D eigenvalue weighted by atomic mass is 16.5. The highest BCUT2D eigenvalue weighted by Crippen LogP contribution is 2.29. The second-order valence-electron chi connectivity index (χ2n) is 4.83. The summed E-state index contributed by atoms with van der Waals surface area (Å²) in [6, 6.07) is 0. The van der Waals surface area contributed by atoms with Gasteiger partial charge in [-0.05, 0) is 0 Å². The molecule has 112 valence electrons. The lowest BCUT2D eigenvalue weighted by Crippen LogP contribution is -2.24. The van der Waals surface area contributed by atoms with E-state index in [-0.39, 0.29) is 18.1 Å². The first-order valence-corrected chi connectivity index (χ1v) is 6.41. The number of hydrogen-bond acceptors (Lipinski definition) is 7. The van der Waals surface area contributed by atoms with E-state index in [1.54, 1.807) is 10.8 Å². The summed E-state index contributed by atoms with van der Waals surface area (Å²) in [7, 11) is 0. The summed E-state index contributed by atoms with van der Waals surface area (Å²) in [6.07, 6.45) is 3.05. The Balaban J connectivity index is 1.86. The Bertz CT molecular complexity index is 697. The van der Waals surface area contributed by atoms with E-state index in [1.165, 1.54) is 12.5 Å². The highest BCUT2D eigenvalue weighted by molar-refractivity contribution is 5.56. The second kappa shape index (κ2) is 5.28. The van der Waals surface area contributed by atoms with Crippen LogP contribution in [0.25, 0.3) is 11.3 Å². The summed E-state index contributed by atoms with van der Waals surface area (Å²) in [5.41, 5.74) is 5.73. The third-order valence-corrected chi connectivity index (χ3v) is 3.41. The van der Waals surface area contributed by atoms with Gasteiger partial charge in [0.2, 0.25) is 0 Å². The van der Waals surface area contributed by atoms with Gasteiger partial charge in [-0.1, -0.05) is 0 Å².